The minimum atomic E-state index is -1.01. The topological polar surface area (TPSA) is 85.8 Å². The summed E-state index contributed by atoms with van der Waals surface area (Å²) in [5.41, 5.74) is 1.84. The Bertz CT molecular complexity index is 1060. The Morgan fingerprint density at radius 3 is 2.41 bits per heavy atom. The van der Waals surface area contributed by atoms with Crippen LogP contribution in [-0.4, -0.2) is 60.1 Å². The van der Waals surface area contributed by atoms with Gasteiger partial charge in [0.15, 0.2) is 0 Å². The summed E-state index contributed by atoms with van der Waals surface area (Å²) in [6, 6.07) is 15.7. The van der Waals surface area contributed by atoms with Crippen molar-refractivity contribution in [3.8, 4) is 0 Å². The van der Waals surface area contributed by atoms with Crippen molar-refractivity contribution in [1.29, 1.82) is 0 Å². The third kappa shape index (κ3) is 4.05. The van der Waals surface area contributed by atoms with Gasteiger partial charge in [-0.2, -0.15) is 0 Å². The summed E-state index contributed by atoms with van der Waals surface area (Å²) in [7, 11) is 2.07. The number of nitrogens with one attached hydrogen (secondary N) is 1. The van der Waals surface area contributed by atoms with E-state index in [9.17, 15) is 14.7 Å². The second kappa shape index (κ2) is 7.89. The Hall–Kier alpha value is -3.45. The first-order valence-electron chi connectivity index (χ1n) is 9.49. The molecule has 7 nitrogen and oxygen atoms in total. The molecule has 0 radical (unpaired) electrons. The summed E-state index contributed by atoms with van der Waals surface area (Å²) >= 11 is 0. The molecule has 1 aliphatic rings. The molecule has 29 heavy (non-hydrogen) atoms. The number of hydrogen-bond acceptors (Lipinski definition) is 5. The predicted molar refractivity (Wildman–Crippen MR) is 113 cm³/mol. The van der Waals surface area contributed by atoms with Crippen LogP contribution < -0.4 is 10.2 Å². The average molecular weight is 390 g/mol. The van der Waals surface area contributed by atoms with Crippen molar-refractivity contribution in [2.75, 3.05) is 43.4 Å². The summed E-state index contributed by atoms with van der Waals surface area (Å²) in [5.74, 6) is -0.591. The smallest absolute Gasteiger partial charge is 0.336 e. The van der Waals surface area contributed by atoms with Gasteiger partial charge < -0.3 is 20.2 Å². The Kier molecular flexibility index (Phi) is 5.14. The van der Waals surface area contributed by atoms with Gasteiger partial charge in [0.05, 0.1) is 11.1 Å². The molecular weight excluding hydrogens is 368 g/mol. The summed E-state index contributed by atoms with van der Waals surface area (Å²) < 4.78 is 0. The van der Waals surface area contributed by atoms with E-state index < -0.39 is 5.97 Å². The number of aromatic nitrogens is 1. The normalized spacial score (nSPS) is 14.7. The monoisotopic (exact) mass is 390 g/mol. The molecule has 1 fully saturated rings. The van der Waals surface area contributed by atoms with Crippen LogP contribution in [0.25, 0.3) is 10.9 Å². The minimum absolute atomic E-state index is 0.180. The molecule has 148 valence electrons. The number of carbonyl (C=O) groups excluding carboxylic acids is 1. The lowest BCUT2D eigenvalue weighted by Crippen LogP contribution is -2.44. The van der Waals surface area contributed by atoms with Gasteiger partial charge in [-0.3, -0.25) is 4.79 Å². The van der Waals surface area contributed by atoms with E-state index in [1.54, 1.807) is 48.5 Å². The second-order valence-electron chi connectivity index (χ2n) is 7.18. The molecule has 1 amide bonds. The van der Waals surface area contributed by atoms with Crippen LogP contribution in [-0.2, 0) is 0 Å². The minimum Gasteiger partial charge on any atom is -0.478 e. The van der Waals surface area contributed by atoms with Crippen molar-refractivity contribution in [2.24, 2.45) is 0 Å². The van der Waals surface area contributed by atoms with E-state index in [2.05, 4.69) is 27.1 Å². The molecule has 0 saturated carbocycles. The van der Waals surface area contributed by atoms with Crippen molar-refractivity contribution < 1.29 is 14.7 Å². The van der Waals surface area contributed by atoms with Crippen LogP contribution in [0.1, 0.15) is 20.7 Å². The Morgan fingerprint density at radius 2 is 1.72 bits per heavy atom. The number of amides is 1. The zero-order valence-electron chi connectivity index (χ0n) is 16.1. The van der Waals surface area contributed by atoms with Crippen molar-refractivity contribution >= 4 is 34.3 Å². The molecule has 0 spiro atoms. The van der Waals surface area contributed by atoms with Crippen LogP contribution in [0.2, 0.25) is 0 Å². The molecule has 3 aromatic rings. The van der Waals surface area contributed by atoms with Gasteiger partial charge in [-0.15, -0.1) is 0 Å². The van der Waals surface area contributed by atoms with Gasteiger partial charge in [0.2, 0.25) is 0 Å². The van der Waals surface area contributed by atoms with Gasteiger partial charge in [0, 0.05) is 42.8 Å². The van der Waals surface area contributed by atoms with Crippen LogP contribution in [0.15, 0.2) is 54.6 Å². The third-order valence-electron chi connectivity index (χ3n) is 5.15. The molecule has 0 unspecified atom stereocenters. The van der Waals surface area contributed by atoms with Crippen LogP contribution in [0.4, 0.5) is 11.5 Å². The number of carbonyl (C=O) groups is 2. The quantitative estimate of drug-likeness (QED) is 0.712. The fraction of sp³-hybridized carbons (Fsp3) is 0.227. The number of fused-ring (bicyclic) bond motifs is 1. The Balaban J connectivity index is 1.67. The lowest BCUT2D eigenvalue weighted by Gasteiger charge is -2.33. The predicted octanol–water partition coefficient (Wildman–Crippen LogP) is 2.94. The van der Waals surface area contributed by atoms with Gasteiger partial charge in [-0.1, -0.05) is 18.2 Å². The first kappa shape index (κ1) is 18.9. The number of carboxylic acid groups (broad SMARTS) is 1. The van der Waals surface area contributed by atoms with Crippen molar-refractivity contribution in [3.63, 3.8) is 0 Å². The second-order valence-corrected chi connectivity index (χ2v) is 7.18. The molecule has 2 N–H and O–H groups in total. The zero-order chi connectivity index (χ0) is 20.4. The van der Waals surface area contributed by atoms with E-state index in [4.69, 9.17) is 0 Å². The first-order valence-corrected chi connectivity index (χ1v) is 9.49. The lowest BCUT2D eigenvalue weighted by atomic mass is 10.1. The molecular formula is C22H22N4O3. The van der Waals surface area contributed by atoms with Gasteiger partial charge in [-0.05, 0) is 43.4 Å². The number of rotatable bonds is 4. The number of benzene rings is 2. The molecule has 0 aliphatic carbocycles. The summed E-state index contributed by atoms with van der Waals surface area (Å²) in [4.78, 5) is 33.3. The number of hydrogen-bond donors (Lipinski definition) is 2. The molecule has 0 bridgehead atoms. The summed E-state index contributed by atoms with van der Waals surface area (Å²) in [5, 5.41) is 13.1. The highest BCUT2D eigenvalue weighted by Crippen LogP contribution is 2.27. The molecule has 2 aromatic carbocycles. The number of anilines is 2. The van der Waals surface area contributed by atoms with Crippen molar-refractivity contribution in [1.82, 2.24) is 9.88 Å². The summed E-state index contributed by atoms with van der Waals surface area (Å²) in [6.07, 6.45) is 0. The van der Waals surface area contributed by atoms with Crippen molar-refractivity contribution in [3.05, 3.63) is 65.7 Å². The van der Waals surface area contributed by atoms with E-state index >= 15 is 0 Å². The van der Waals surface area contributed by atoms with E-state index in [-0.39, 0.29) is 11.5 Å². The van der Waals surface area contributed by atoms with Gasteiger partial charge in [0.1, 0.15) is 5.82 Å². The van der Waals surface area contributed by atoms with E-state index in [1.807, 2.05) is 6.07 Å². The first-order chi connectivity index (χ1) is 14.0. The fourth-order valence-electron chi connectivity index (χ4n) is 3.46. The van der Waals surface area contributed by atoms with E-state index in [0.717, 1.165) is 26.2 Å². The number of nitrogens with zero attached hydrogens (tertiary/aromatic N) is 3. The van der Waals surface area contributed by atoms with E-state index in [0.29, 0.717) is 28.0 Å². The number of likely N-dealkylation sites (N-methyl/N-ethyl adjacent to an activating group) is 1. The molecule has 2 heterocycles. The average Bonchev–Trinajstić information content (AvgIpc) is 2.74. The van der Waals surface area contributed by atoms with Crippen LogP contribution in [0.5, 0.6) is 0 Å². The molecule has 4 rings (SSSR count). The summed E-state index contributed by atoms with van der Waals surface area (Å²) in [6.45, 7) is 3.43. The molecule has 1 aliphatic heterocycles. The van der Waals surface area contributed by atoms with Gasteiger partial charge in [0.25, 0.3) is 5.91 Å². The molecule has 0 atom stereocenters. The number of piperazine rings is 1. The largest absolute Gasteiger partial charge is 0.478 e. The van der Waals surface area contributed by atoms with Gasteiger partial charge in [-0.25, -0.2) is 9.78 Å². The molecule has 1 saturated heterocycles. The molecule has 7 heteroatoms. The lowest BCUT2D eigenvalue weighted by molar-refractivity contribution is 0.0698. The number of pyridine rings is 1. The zero-order valence-corrected chi connectivity index (χ0v) is 16.1. The maximum atomic E-state index is 12.4. The highest BCUT2D eigenvalue weighted by Gasteiger charge is 2.19. The Labute approximate surface area is 168 Å². The SMILES string of the molecule is CN1CCN(c2cc(C(=O)O)c3cc(NC(=O)c4ccccc4)ccc3n2)CC1. The van der Waals surface area contributed by atoms with Crippen LogP contribution in [0.3, 0.4) is 0 Å². The van der Waals surface area contributed by atoms with E-state index in [1.165, 1.54) is 0 Å². The van der Waals surface area contributed by atoms with Crippen LogP contribution in [0, 0.1) is 0 Å². The third-order valence-corrected chi connectivity index (χ3v) is 5.15. The Morgan fingerprint density at radius 1 is 1.00 bits per heavy atom. The van der Waals surface area contributed by atoms with Gasteiger partial charge >= 0.3 is 5.97 Å². The van der Waals surface area contributed by atoms with Crippen molar-refractivity contribution in [2.45, 2.75) is 0 Å². The maximum Gasteiger partial charge on any atom is 0.336 e. The highest BCUT2D eigenvalue weighted by molar-refractivity contribution is 6.08. The van der Waals surface area contributed by atoms with Crippen LogP contribution >= 0.6 is 0 Å². The maximum absolute atomic E-state index is 12.4. The molecule has 1 aromatic heterocycles. The number of aromatic carboxylic acids is 1. The standard InChI is InChI=1S/C22H22N4O3/c1-25-9-11-26(12-10-25)20-14-18(22(28)29)17-13-16(7-8-19(17)24-20)23-21(27)15-5-3-2-4-6-15/h2-8,13-14H,9-12H2,1H3,(H,23,27)(H,28,29). The highest BCUT2D eigenvalue weighted by atomic mass is 16.4. The fourth-order valence-corrected chi connectivity index (χ4v) is 3.46. The number of carboxylic acids is 1.